The molecule has 2 amide bonds. The highest BCUT2D eigenvalue weighted by Gasteiger charge is 2.36. The Morgan fingerprint density at radius 2 is 1.50 bits per heavy atom. The van der Waals surface area contributed by atoms with Crippen LogP contribution in [-0.4, -0.2) is 50.4 Å². The van der Waals surface area contributed by atoms with Gasteiger partial charge in [0.15, 0.2) is 0 Å². The lowest BCUT2D eigenvalue weighted by Crippen LogP contribution is -2.56. The van der Waals surface area contributed by atoms with E-state index in [9.17, 15) is 18.0 Å². The van der Waals surface area contributed by atoms with Crippen LogP contribution in [0.1, 0.15) is 37.5 Å². The van der Waals surface area contributed by atoms with E-state index in [2.05, 4.69) is 5.32 Å². The summed E-state index contributed by atoms with van der Waals surface area (Å²) >= 11 is 6.55. The van der Waals surface area contributed by atoms with Crippen LogP contribution in [0.15, 0.2) is 108 Å². The van der Waals surface area contributed by atoms with Crippen molar-refractivity contribution in [2.45, 2.75) is 57.1 Å². The predicted octanol–water partition coefficient (Wildman–Crippen LogP) is 6.41. The molecule has 0 aliphatic carbocycles. The molecule has 4 aromatic carbocycles. The Labute approximate surface area is 277 Å². The van der Waals surface area contributed by atoms with E-state index in [0.29, 0.717) is 11.3 Å². The third-order valence-electron chi connectivity index (χ3n) is 7.27. The molecule has 46 heavy (non-hydrogen) atoms. The summed E-state index contributed by atoms with van der Waals surface area (Å²) in [5.74, 6) is -0.356. The van der Waals surface area contributed by atoms with Gasteiger partial charge in [-0.1, -0.05) is 83.9 Å². The fourth-order valence-electron chi connectivity index (χ4n) is 4.98. The first-order valence-corrected chi connectivity index (χ1v) is 16.7. The first-order chi connectivity index (χ1) is 21.8. The smallest absolute Gasteiger partial charge is 0.264 e. The monoisotopic (exact) mass is 661 g/mol. The highest BCUT2D eigenvalue weighted by molar-refractivity contribution is 7.92. The summed E-state index contributed by atoms with van der Waals surface area (Å²) in [6.45, 7) is 6.88. The second kappa shape index (κ2) is 14.8. The molecule has 242 valence electrons. The summed E-state index contributed by atoms with van der Waals surface area (Å²) in [5, 5.41) is 3.19. The number of carbonyl (C=O) groups is 2. The minimum Gasteiger partial charge on any atom is -0.497 e. The van der Waals surface area contributed by atoms with Gasteiger partial charge in [0.25, 0.3) is 10.0 Å². The van der Waals surface area contributed by atoms with Gasteiger partial charge in [-0.25, -0.2) is 8.42 Å². The van der Waals surface area contributed by atoms with Crippen LogP contribution in [0, 0.1) is 6.92 Å². The fourth-order valence-corrected chi connectivity index (χ4v) is 6.70. The minimum absolute atomic E-state index is 0.0106. The number of rotatable bonds is 12. The molecule has 0 radical (unpaired) electrons. The summed E-state index contributed by atoms with van der Waals surface area (Å²) in [4.78, 5) is 30.0. The number of benzene rings is 4. The van der Waals surface area contributed by atoms with Gasteiger partial charge in [0.2, 0.25) is 11.8 Å². The number of aryl methyl sites for hydroxylation is 1. The Kier molecular flexibility index (Phi) is 11.1. The van der Waals surface area contributed by atoms with Crippen molar-refractivity contribution in [3.63, 3.8) is 0 Å². The van der Waals surface area contributed by atoms with E-state index in [1.54, 1.807) is 61.7 Å². The number of hydrogen-bond donors (Lipinski definition) is 1. The van der Waals surface area contributed by atoms with Gasteiger partial charge >= 0.3 is 0 Å². The Balaban J connectivity index is 1.84. The molecule has 0 heterocycles. The van der Waals surface area contributed by atoms with Crippen LogP contribution in [0.4, 0.5) is 5.69 Å². The number of sulfonamides is 1. The SMILES string of the molecule is COc1cccc(CN(C(=O)CN(c2ccccc2Cl)S(=O)(=O)c2ccc(C)cc2)C(Cc2ccccc2)C(=O)NC(C)(C)C)c1. The van der Waals surface area contributed by atoms with Crippen molar-refractivity contribution in [1.82, 2.24) is 10.2 Å². The molecule has 0 bridgehead atoms. The molecule has 0 aromatic heterocycles. The van der Waals surface area contributed by atoms with Gasteiger partial charge in [-0.3, -0.25) is 13.9 Å². The lowest BCUT2D eigenvalue weighted by molar-refractivity contribution is -0.140. The van der Waals surface area contributed by atoms with Crippen LogP contribution in [0.5, 0.6) is 5.75 Å². The molecule has 0 saturated carbocycles. The molecular formula is C36H40ClN3O5S. The fraction of sp³-hybridized carbons (Fsp3) is 0.278. The number of nitrogens with zero attached hydrogens (tertiary/aromatic N) is 2. The summed E-state index contributed by atoms with van der Waals surface area (Å²) in [7, 11) is -2.71. The lowest BCUT2D eigenvalue weighted by atomic mass is 10.0. The predicted molar refractivity (Wildman–Crippen MR) is 183 cm³/mol. The van der Waals surface area contributed by atoms with Crippen molar-refractivity contribution in [2.24, 2.45) is 0 Å². The zero-order chi connectivity index (χ0) is 33.5. The van der Waals surface area contributed by atoms with Crippen molar-refractivity contribution < 1.29 is 22.7 Å². The van der Waals surface area contributed by atoms with Crippen molar-refractivity contribution >= 4 is 39.1 Å². The van der Waals surface area contributed by atoms with Crippen molar-refractivity contribution in [3.8, 4) is 5.75 Å². The van der Waals surface area contributed by atoms with Crippen LogP contribution >= 0.6 is 11.6 Å². The number of hydrogen-bond acceptors (Lipinski definition) is 5. The number of nitrogens with one attached hydrogen (secondary N) is 1. The third kappa shape index (κ3) is 8.89. The Bertz CT molecular complexity index is 1760. The van der Waals surface area contributed by atoms with Gasteiger partial charge in [0, 0.05) is 18.5 Å². The third-order valence-corrected chi connectivity index (χ3v) is 9.36. The molecular weight excluding hydrogens is 622 g/mol. The van der Waals surface area contributed by atoms with Gasteiger partial charge in [0.05, 0.1) is 22.7 Å². The van der Waals surface area contributed by atoms with Crippen LogP contribution in [0.3, 0.4) is 0 Å². The first kappa shape index (κ1) is 34.5. The Morgan fingerprint density at radius 1 is 0.870 bits per heavy atom. The molecule has 0 spiro atoms. The van der Waals surface area contributed by atoms with Gasteiger partial charge in [-0.15, -0.1) is 0 Å². The summed E-state index contributed by atoms with van der Waals surface area (Å²) < 4.78 is 34.8. The topological polar surface area (TPSA) is 96.0 Å². The first-order valence-electron chi connectivity index (χ1n) is 14.9. The number of para-hydroxylation sites is 1. The maximum absolute atomic E-state index is 14.6. The molecule has 4 rings (SSSR count). The molecule has 1 atom stereocenters. The van der Waals surface area contributed by atoms with E-state index in [1.807, 2.05) is 64.1 Å². The van der Waals surface area contributed by atoms with Crippen molar-refractivity contribution in [3.05, 3.63) is 125 Å². The molecule has 0 saturated heterocycles. The molecule has 10 heteroatoms. The summed E-state index contributed by atoms with van der Waals surface area (Å²) in [6, 6.07) is 28.5. The number of carbonyl (C=O) groups excluding carboxylic acids is 2. The molecule has 8 nitrogen and oxygen atoms in total. The standard InChI is InChI=1S/C36H40ClN3O5S/c1-26-18-20-30(21-19-26)46(43,44)40(32-17-10-9-16-31(32)37)25-34(41)39(24-28-14-11-15-29(22-28)45-5)33(35(42)38-36(2,3)4)23-27-12-7-6-8-13-27/h6-22,33H,23-25H2,1-5H3,(H,38,42). The molecule has 0 aliphatic heterocycles. The average molecular weight is 662 g/mol. The van der Waals surface area contributed by atoms with Crippen molar-refractivity contribution in [1.29, 1.82) is 0 Å². The minimum atomic E-state index is -4.26. The van der Waals surface area contributed by atoms with Gasteiger partial charge in [-0.05, 0) is 75.2 Å². The van der Waals surface area contributed by atoms with E-state index in [0.717, 1.165) is 15.4 Å². The Hall–Kier alpha value is -4.34. The maximum atomic E-state index is 14.6. The quantitative estimate of drug-likeness (QED) is 0.189. The summed E-state index contributed by atoms with van der Waals surface area (Å²) in [5.41, 5.74) is 2.00. The van der Waals surface area contributed by atoms with Gasteiger partial charge < -0.3 is 15.0 Å². The second-order valence-electron chi connectivity index (χ2n) is 12.1. The normalized spacial score (nSPS) is 12.2. The highest BCUT2D eigenvalue weighted by Crippen LogP contribution is 2.31. The Morgan fingerprint density at radius 3 is 2.13 bits per heavy atom. The van der Waals surface area contributed by atoms with Gasteiger partial charge in [-0.2, -0.15) is 0 Å². The van der Waals surface area contributed by atoms with Crippen molar-refractivity contribution in [2.75, 3.05) is 18.0 Å². The molecule has 0 fully saturated rings. The number of ether oxygens (including phenoxy) is 1. The zero-order valence-electron chi connectivity index (χ0n) is 26.7. The van der Waals surface area contributed by atoms with Crippen LogP contribution < -0.4 is 14.4 Å². The number of amides is 2. The van der Waals surface area contributed by atoms with Crippen LogP contribution in [0.2, 0.25) is 5.02 Å². The van der Waals surface area contributed by atoms with E-state index in [1.165, 1.54) is 17.0 Å². The second-order valence-corrected chi connectivity index (χ2v) is 14.4. The molecule has 1 N–H and O–H groups in total. The van der Waals surface area contributed by atoms with E-state index < -0.39 is 34.1 Å². The number of anilines is 1. The average Bonchev–Trinajstić information content (AvgIpc) is 3.01. The number of methoxy groups -OCH3 is 1. The van der Waals surface area contributed by atoms with E-state index >= 15 is 0 Å². The molecule has 1 unspecified atom stereocenters. The zero-order valence-corrected chi connectivity index (χ0v) is 28.3. The maximum Gasteiger partial charge on any atom is 0.264 e. The molecule has 0 aliphatic rings. The summed E-state index contributed by atoms with van der Waals surface area (Å²) in [6.07, 6.45) is 0.204. The lowest BCUT2D eigenvalue weighted by Gasteiger charge is -2.35. The number of halogens is 1. The largest absolute Gasteiger partial charge is 0.497 e. The van der Waals surface area contributed by atoms with E-state index in [4.69, 9.17) is 16.3 Å². The molecule has 4 aromatic rings. The van der Waals surface area contributed by atoms with Crippen LogP contribution in [-0.2, 0) is 32.6 Å². The highest BCUT2D eigenvalue weighted by atomic mass is 35.5. The van der Waals surface area contributed by atoms with E-state index in [-0.39, 0.29) is 34.5 Å². The van der Waals surface area contributed by atoms with Crippen LogP contribution in [0.25, 0.3) is 0 Å². The van der Waals surface area contributed by atoms with Gasteiger partial charge in [0.1, 0.15) is 18.3 Å².